The molecule has 0 bridgehead atoms. The molecule has 3 unspecified atom stereocenters. The first-order valence-electron chi connectivity index (χ1n) is 7.18. The molecule has 0 spiro atoms. The molecule has 1 fully saturated rings. The van der Waals surface area contributed by atoms with Crippen molar-refractivity contribution in [2.75, 3.05) is 13.7 Å². The van der Waals surface area contributed by atoms with E-state index in [1.165, 1.54) is 0 Å². The maximum Gasteiger partial charge on any atom is 0.246 e. The predicted molar refractivity (Wildman–Crippen MR) is 73.7 cm³/mol. The Bertz CT molecular complexity index is 320. The monoisotopic (exact) mass is 270 g/mol. The molecule has 0 radical (unpaired) electrons. The average Bonchev–Trinajstić information content (AvgIpc) is 2.39. The van der Waals surface area contributed by atoms with Gasteiger partial charge in [-0.05, 0) is 26.2 Å². The summed E-state index contributed by atoms with van der Waals surface area (Å²) < 4.78 is 5.07. The predicted octanol–water partition coefficient (Wildman–Crippen LogP) is 1.32. The second kappa shape index (κ2) is 7.48. The van der Waals surface area contributed by atoms with Crippen molar-refractivity contribution in [1.82, 2.24) is 10.2 Å². The quantitative estimate of drug-likeness (QED) is 0.759. The zero-order valence-corrected chi connectivity index (χ0v) is 12.4. The zero-order valence-electron chi connectivity index (χ0n) is 12.4. The van der Waals surface area contributed by atoms with E-state index in [9.17, 15) is 9.59 Å². The van der Waals surface area contributed by atoms with Gasteiger partial charge in [-0.25, -0.2) is 0 Å². The van der Waals surface area contributed by atoms with Crippen molar-refractivity contribution in [2.45, 2.75) is 64.6 Å². The zero-order chi connectivity index (χ0) is 14.4. The van der Waals surface area contributed by atoms with Gasteiger partial charge in [-0.1, -0.05) is 20.3 Å². The Balaban J connectivity index is 2.85. The summed E-state index contributed by atoms with van der Waals surface area (Å²) in [4.78, 5) is 26.4. The summed E-state index contributed by atoms with van der Waals surface area (Å²) >= 11 is 0. The minimum absolute atomic E-state index is 0.0233. The molecule has 0 aromatic rings. The first-order valence-corrected chi connectivity index (χ1v) is 7.18. The summed E-state index contributed by atoms with van der Waals surface area (Å²) in [5.41, 5.74) is 0. The maximum absolute atomic E-state index is 12.5. The van der Waals surface area contributed by atoms with Gasteiger partial charge in [0.1, 0.15) is 12.1 Å². The van der Waals surface area contributed by atoms with Crippen molar-refractivity contribution in [2.24, 2.45) is 0 Å². The molecule has 1 N–H and O–H groups in total. The van der Waals surface area contributed by atoms with Crippen LogP contribution in [-0.4, -0.2) is 48.6 Å². The molecule has 19 heavy (non-hydrogen) atoms. The first kappa shape index (κ1) is 16.0. The summed E-state index contributed by atoms with van der Waals surface area (Å²) in [5.74, 6) is 0.0294. The van der Waals surface area contributed by atoms with Crippen LogP contribution in [0.2, 0.25) is 0 Å². The Morgan fingerprint density at radius 3 is 2.58 bits per heavy atom. The van der Waals surface area contributed by atoms with E-state index in [4.69, 9.17) is 4.74 Å². The van der Waals surface area contributed by atoms with Crippen LogP contribution < -0.4 is 5.32 Å². The van der Waals surface area contributed by atoms with Crippen LogP contribution in [0.1, 0.15) is 46.5 Å². The molecule has 1 rings (SSSR count). The van der Waals surface area contributed by atoms with Crippen LogP contribution in [-0.2, 0) is 14.3 Å². The fourth-order valence-corrected chi connectivity index (χ4v) is 2.61. The number of piperazine rings is 1. The lowest BCUT2D eigenvalue weighted by Gasteiger charge is -2.42. The van der Waals surface area contributed by atoms with Gasteiger partial charge in [-0.3, -0.25) is 9.59 Å². The molecule has 1 saturated heterocycles. The molecular formula is C14H26N2O3. The molecule has 1 heterocycles. The van der Waals surface area contributed by atoms with Gasteiger partial charge in [-0.15, -0.1) is 0 Å². The van der Waals surface area contributed by atoms with E-state index < -0.39 is 0 Å². The summed E-state index contributed by atoms with van der Waals surface area (Å²) in [6, 6.07) is -0.666. The van der Waals surface area contributed by atoms with E-state index in [0.717, 1.165) is 12.8 Å². The third-order valence-electron chi connectivity index (χ3n) is 3.69. The Kier molecular flexibility index (Phi) is 6.28. The van der Waals surface area contributed by atoms with E-state index in [0.29, 0.717) is 19.4 Å². The number of ether oxygens (including phenoxy) is 1. The number of nitrogens with zero attached hydrogens (tertiary/aromatic N) is 1. The third-order valence-corrected chi connectivity index (χ3v) is 3.69. The van der Waals surface area contributed by atoms with Gasteiger partial charge in [0.05, 0.1) is 0 Å². The standard InChI is InChI=1S/C14H26N2O3/c1-5-7-11-14(18)16(10(3)8-9-19-4)12(6-2)13(17)15-11/h10-12H,5-9H2,1-4H3,(H,15,17). The van der Waals surface area contributed by atoms with Crippen molar-refractivity contribution < 1.29 is 14.3 Å². The van der Waals surface area contributed by atoms with E-state index in [-0.39, 0.29) is 29.9 Å². The van der Waals surface area contributed by atoms with Crippen LogP contribution in [0, 0.1) is 0 Å². The molecule has 0 aliphatic carbocycles. The highest BCUT2D eigenvalue weighted by Crippen LogP contribution is 2.20. The molecule has 1 aliphatic rings. The van der Waals surface area contributed by atoms with Crippen molar-refractivity contribution in [3.63, 3.8) is 0 Å². The summed E-state index contributed by atoms with van der Waals surface area (Å²) in [6.07, 6.45) is 2.99. The number of carbonyl (C=O) groups is 2. The maximum atomic E-state index is 12.5. The molecule has 110 valence electrons. The van der Waals surface area contributed by atoms with Crippen molar-refractivity contribution >= 4 is 11.8 Å². The Morgan fingerprint density at radius 1 is 1.37 bits per heavy atom. The van der Waals surface area contributed by atoms with Gasteiger partial charge in [-0.2, -0.15) is 0 Å². The van der Waals surface area contributed by atoms with Gasteiger partial charge in [0.2, 0.25) is 11.8 Å². The molecule has 5 nitrogen and oxygen atoms in total. The number of rotatable bonds is 7. The molecule has 1 aliphatic heterocycles. The summed E-state index contributed by atoms with van der Waals surface area (Å²) in [5, 5.41) is 2.85. The van der Waals surface area contributed by atoms with Crippen LogP contribution in [0.25, 0.3) is 0 Å². The van der Waals surface area contributed by atoms with E-state index in [2.05, 4.69) is 5.32 Å². The topological polar surface area (TPSA) is 58.6 Å². The number of nitrogens with one attached hydrogen (secondary N) is 1. The largest absolute Gasteiger partial charge is 0.385 e. The Labute approximate surface area is 115 Å². The van der Waals surface area contributed by atoms with Crippen molar-refractivity contribution in [3.05, 3.63) is 0 Å². The van der Waals surface area contributed by atoms with Gasteiger partial charge < -0.3 is 15.0 Å². The minimum atomic E-state index is -0.356. The molecule has 3 atom stereocenters. The Morgan fingerprint density at radius 2 is 2.05 bits per heavy atom. The highest BCUT2D eigenvalue weighted by Gasteiger charge is 2.40. The van der Waals surface area contributed by atoms with E-state index >= 15 is 0 Å². The smallest absolute Gasteiger partial charge is 0.246 e. The van der Waals surface area contributed by atoms with Gasteiger partial charge >= 0.3 is 0 Å². The second-order valence-electron chi connectivity index (χ2n) is 5.15. The normalized spacial score (nSPS) is 25.4. The lowest BCUT2D eigenvalue weighted by Crippen LogP contribution is -2.65. The van der Waals surface area contributed by atoms with Gasteiger partial charge in [0.15, 0.2) is 0 Å². The van der Waals surface area contributed by atoms with Crippen LogP contribution in [0.3, 0.4) is 0 Å². The number of hydrogen-bond donors (Lipinski definition) is 1. The number of amides is 2. The lowest BCUT2D eigenvalue weighted by atomic mass is 9.99. The average molecular weight is 270 g/mol. The van der Waals surface area contributed by atoms with Crippen molar-refractivity contribution in [3.8, 4) is 0 Å². The van der Waals surface area contributed by atoms with Crippen LogP contribution >= 0.6 is 0 Å². The van der Waals surface area contributed by atoms with Crippen LogP contribution in [0.15, 0.2) is 0 Å². The molecule has 5 heteroatoms. The van der Waals surface area contributed by atoms with Crippen molar-refractivity contribution in [1.29, 1.82) is 0 Å². The lowest BCUT2D eigenvalue weighted by molar-refractivity contribution is -0.152. The number of hydrogen-bond acceptors (Lipinski definition) is 3. The van der Waals surface area contributed by atoms with Crippen LogP contribution in [0.5, 0.6) is 0 Å². The fourth-order valence-electron chi connectivity index (χ4n) is 2.61. The molecule has 0 saturated carbocycles. The molecule has 2 amide bonds. The second-order valence-corrected chi connectivity index (χ2v) is 5.15. The van der Waals surface area contributed by atoms with Gasteiger partial charge in [0.25, 0.3) is 0 Å². The van der Waals surface area contributed by atoms with E-state index in [1.54, 1.807) is 12.0 Å². The highest BCUT2D eigenvalue weighted by atomic mass is 16.5. The van der Waals surface area contributed by atoms with Crippen LogP contribution in [0.4, 0.5) is 0 Å². The number of carbonyl (C=O) groups excluding carboxylic acids is 2. The highest BCUT2D eigenvalue weighted by molar-refractivity contribution is 5.97. The van der Waals surface area contributed by atoms with E-state index in [1.807, 2.05) is 20.8 Å². The molecule has 0 aromatic heterocycles. The van der Waals surface area contributed by atoms with Gasteiger partial charge in [0, 0.05) is 19.8 Å². The third kappa shape index (κ3) is 3.69. The summed E-state index contributed by atoms with van der Waals surface area (Å²) in [7, 11) is 1.65. The first-order chi connectivity index (χ1) is 9.06. The molecule has 0 aromatic carbocycles. The fraction of sp³-hybridized carbons (Fsp3) is 0.857. The SMILES string of the molecule is CCCC1NC(=O)C(CC)N(C(C)CCOC)C1=O. The summed E-state index contributed by atoms with van der Waals surface area (Å²) in [6.45, 7) is 6.54. The number of methoxy groups -OCH3 is 1. The molecular weight excluding hydrogens is 244 g/mol. The Hall–Kier alpha value is -1.10. The minimum Gasteiger partial charge on any atom is -0.385 e.